The summed E-state index contributed by atoms with van der Waals surface area (Å²) < 4.78 is 0.985. The van der Waals surface area contributed by atoms with Gasteiger partial charge in [0.15, 0.2) is 0 Å². The predicted molar refractivity (Wildman–Crippen MR) is 98.5 cm³/mol. The summed E-state index contributed by atoms with van der Waals surface area (Å²) in [6.07, 6.45) is 1.68. The van der Waals surface area contributed by atoms with Gasteiger partial charge in [-0.15, -0.1) is 0 Å². The molecule has 3 rings (SSSR count). The van der Waals surface area contributed by atoms with Crippen LogP contribution in [0.1, 0.15) is 28.8 Å². The van der Waals surface area contributed by atoms with Gasteiger partial charge in [-0.2, -0.15) is 0 Å². The number of carbonyl (C=O) groups excluding carboxylic acids is 2. The van der Waals surface area contributed by atoms with Gasteiger partial charge in [0.2, 0.25) is 5.91 Å². The number of benzene rings is 2. The highest BCUT2D eigenvalue weighted by atomic mass is 79.9. The van der Waals surface area contributed by atoms with Gasteiger partial charge < -0.3 is 15.7 Å². The highest BCUT2D eigenvalue weighted by molar-refractivity contribution is 9.10. The van der Waals surface area contributed by atoms with Gasteiger partial charge >= 0.3 is 0 Å². The summed E-state index contributed by atoms with van der Waals surface area (Å²) in [7, 11) is 0. The molecule has 3 N–H and O–H groups in total. The minimum atomic E-state index is -0.428. The third kappa shape index (κ3) is 3.85. The number of rotatable bonds is 6. The molecule has 130 valence electrons. The number of hydrogen-bond donors (Lipinski definition) is 3. The van der Waals surface area contributed by atoms with Crippen molar-refractivity contribution < 1.29 is 14.7 Å². The fourth-order valence-electron chi connectivity index (χ4n) is 2.82. The molecule has 5 nitrogen and oxygen atoms in total. The van der Waals surface area contributed by atoms with Crippen LogP contribution in [0.4, 0.5) is 0 Å². The monoisotopic (exact) mass is 402 g/mol. The molecular formula is C19H19BrN2O3. The number of carbonyl (C=O) groups is 2. The van der Waals surface area contributed by atoms with Crippen LogP contribution in [0.3, 0.4) is 0 Å². The Bertz CT molecular complexity index is 786. The number of phenols is 1. The molecule has 6 heteroatoms. The van der Waals surface area contributed by atoms with Crippen molar-refractivity contribution >= 4 is 27.7 Å². The Kier molecular flexibility index (Phi) is 5.08. The van der Waals surface area contributed by atoms with Crippen LogP contribution in [-0.4, -0.2) is 30.0 Å². The average Bonchev–Trinajstić information content (AvgIpc) is 3.41. The van der Waals surface area contributed by atoms with Crippen molar-refractivity contribution in [3.8, 4) is 5.75 Å². The van der Waals surface area contributed by atoms with E-state index in [9.17, 15) is 14.7 Å². The lowest BCUT2D eigenvalue weighted by Gasteiger charge is -2.16. The fraction of sp³-hybridized carbons (Fsp3) is 0.263. The maximum Gasteiger partial charge on any atom is 0.255 e. The van der Waals surface area contributed by atoms with Crippen molar-refractivity contribution in [3.63, 3.8) is 0 Å². The predicted octanol–water partition coefficient (Wildman–Crippen LogP) is 2.73. The van der Waals surface area contributed by atoms with Crippen LogP contribution in [0.25, 0.3) is 0 Å². The summed E-state index contributed by atoms with van der Waals surface area (Å²) in [6.45, 7) is 0.645. The van der Waals surface area contributed by atoms with Crippen molar-refractivity contribution in [2.75, 3.05) is 13.1 Å². The molecule has 0 atom stereocenters. The summed E-state index contributed by atoms with van der Waals surface area (Å²) in [5.41, 5.74) is 0.816. The largest absolute Gasteiger partial charge is 0.507 e. The second-order valence-corrected chi connectivity index (χ2v) is 7.03. The van der Waals surface area contributed by atoms with E-state index in [1.54, 1.807) is 18.2 Å². The lowest BCUT2D eigenvalue weighted by Crippen LogP contribution is -2.39. The minimum absolute atomic E-state index is 0.00775. The van der Waals surface area contributed by atoms with Crippen LogP contribution < -0.4 is 10.6 Å². The van der Waals surface area contributed by atoms with Gasteiger partial charge in [0, 0.05) is 17.6 Å². The summed E-state index contributed by atoms with van der Waals surface area (Å²) >= 11 is 3.40. The van der Waals surface area contributed by atoms with Crippen molar-refractivity contribution in [1.82, 2.24) is 10.6 Å². The van der Waals surface area contributed by atoms with E-state index in [-0.39, 0.29) is 23.1 Å². The zero-order chi connectivity index (χ0) is 17.9. The van der Waals surface area contributed by atoms with Crippen molar-refractivity contribution in [1.29, 1.82) is 0 Å². The molecule has 1 fully saturated rings. The number of aromatic hydroxyl groups is 1. The van der Waals surface area contributed by atoms with Crippen molar-refractivity contribution in [2.45, 2.75) is 18.3 Å². The first kappa shape index (κ1) is 17.5. The summed E-state index contributed by atoms with van der Waals surface area (Å²) in [6, 6.07) is 14.2. The van der Waals surface area contributed by atoms with Crippen LogP contribution in [0.2, 0.25) is 0 Å². The van der Waals surface area contributed by atoms with Gasteiger partial charge in [-0.05, 0) is 42.7 Å². The Morgan fingerprint density at radius 2 is 1.64 bits per heavy atom. The van der Waals surface area contributed by atoms with E-state index in [0.29, 0.717) is 13.1 Å². The average molecular weight is 403 g/mol. The number of halogens is 1. The van der Waals surface area contributed by atoms with E-state index in [2.05, 4.69) is 26.6 Å². The topological polar surface area (TPSA) is 78.4 Å². The Labute approximate surface area is 154 Å². The summed E-state index contributed by atoms with van der Waals surface area (Å²) in [5.74, 6) is -0.427. The van der Waals surface area contributed by atoms with Gasteiger partial charge in [-0.25, -0.2) is 0 Å². The van der Waals surface area contributed by atoms with E-state index >= 15 is 0 Å². The van der Waals surface area contributed by atoms with Gasteiger partial charge in [0.1, 0.15) is 5.75 Å². The number of phenolic OH excluding ortho intramolecular Hbond substituents is 1. The van der Waals surface area contributed by atoms with Crippen molar-refractivity contribution in [3.05, 3.63) is 64.1 Å². The molecule has 0 radical (unpaired) electrons. The Balaban J connectivity index is 1.49. The molecule has 0 spiro atoms. The van der Waals surface area contributed by atoms with Crippen molar-refractivity contribution in [2.24, 2.45) is 0 Å². The number of hydrogen-bond acceptors (Lipinski definition) is 3. The third-order valence-electron chi connectivity index (χ3n) is 4.43. The molecule has 1 saturated carbocycles. The molecule has 0 bridgehead atoms. The smallest absolute Gasteiger partial charge is 0.255 e. The first-order valence-corrected chi connectivity index (χ1v) is 8.93. The van der Waals surface area contributed by atoms with Crippen LogP contribution in [-0.2, 0) is 10.2 Å². The molecule has 0 aromatic heterocycles. The maximum absolute atomic E-state index is 12.5. The lowest BCUT2D eigenvalue weighted by molar-refractivity contribution is -0.123. The van der Waals surface area contributed by atoms with Gasteiger partial charge in [0.05, 0.1) is 11.0 Å². The molecule has 1 aliphatic rings. The van der Waals surface area contributed by atoms with Crippen LogP contribution in [0, 0.1) is 0 Å². The molecule has 1 aliphatic carbocycles. The summed E-state index contributed by atoms with van der Waals surface area (Å²) in [5, 5.41) is 15.2. The Hall–Kier alpha value is -2.34. The lowest BCUT2D eigenvalue weighted by atomic mass is 9.95. The molecule has 0 unspecified atom stereocenters. The quantitative estimate of drug-likeness (QED) is 0.649. The standard InChI is InChI=1S/C19H19BrN2O3/c20-14-7-5-13(6-8-14)19(9-10-19)18(25)22-12-11-21-17(24)15-3-1-2-4-16(15)23/h1-8,23H,9-12H2,(H,21,24)(H,22,25). The highest BCUT2D eigenvalue weighted by Crippen LogP contribution is 2.48. The Morgan fingerprint density at radius 3 is 2.28 bits per heavy atom. The molecular weight excluding hydrogens is 384 g/mol. The maximum atomic E-state index is 12.5. The SMILES string of the molecule is O=C(NCCNC(=O)C1(c2ccc(Br)cc2)CC1)c1ccccc1O. The molecule has 0 saturated heterocycles. The second kappa shape index (κ2) is 7.27. The normalized spacial score (nSPS) is 14.6. The van der Waals surface area contributed by atoms with Gasteiger partial charge in [-0.3, -0.25) is 9.59 Å². The van der Waals surface area contributed by atoms with Gasteiger partial charge in [0.25, 0.3) is 5.91 Å². The molecule has 0 heterocycles. The molecule has 2 aromatic rings. The Morgan fingerprint density at radius 1 is 1.00 bits per heavy atom. The number of para-hydroxylation sites is 1. The number of amides is 2. The van der Waals surface area contributed by atoms with Crippen LogP contribution >= 0.6 is 15.9 Å². The zero-order valence-electron chi connectivity index (χ0n) is 13.6. The second-order valence-electron chi connectivity index (χ2n) is 6.12. The van der Waals surface area contributed by atoms with E-state index in [1.807, 2.05) is 24.3 Å². The van der Waals surface area contributed by atoms with Crippen LogP contribution in [0.5, 0.6) is 5.75 Å². The highest BCUT2D eigenvalue weighted by Gasteiger charge is 2.50. The molecule has 2 aromatic carbocycles. The van der Waals surface area contributed by atoms with E-state index < -0.39 is 5.41 Å². The van der Waals surface area contributed by atoms with Gasteiger partial charge in [-0.1, -0.05) is 40.2 Å². The third-order valence-corrected chi connectivity index (χ3v) is 4.95. The fourth-order valence-corrected chi connectivity index (χ4v) is 3.09. The van der Waals surface area contributed by atoms with E-state index in [1.165, 1.54) is 6.07 Å². The minimum Gasteiger partial charge on any atom is -0.507 e. The molecule has 2 amide bonds. The zero-order valence-corrected chi connectivity index (χ0v) is 15.2. The number of nitrogens with one attached hydrogen (secondary N) is 2. The van der Waals surface area contributed by atoms with E-state index in [0.717, 1.165) is 22.9 Å². The van der Waals surface area contributed by atoms with E-state index in [4.69, 9.17) is 0 Å². The van der Waals surface area contributed by atoms with Crippen LogP contribution in [0.15, 0.2) is 53.0 Å². The molecule has 0 aliphatic heterocycles. The molecule has 25 heavy (non-hydrogen) atoms. The summed E-state index contributed by atoms with van der Waals surface area (Å²) in [4.78, 5) is 24.5. The first-order chi connectivity index (χ1) is 12.0. The first-order valence-electron chi connectivity index (χ1n) is 8.13.